The molecule has 2 heterocycles. The van der Waals surface area contributed by atoms with Gasteiger partial charge in [-0.15, -0.1) is 0 Å². The van der Waals surface area contributed by atoms with Crippen molar-refractivity contribution in [3.8, 4) is 0 Å². The van der Waals surface area contributed by atoms with Gasteiger partial charge in [-0.1, -0.05) is 55.2 Å². The number of carbonyl (C=O) groups excluding carboxylic acids is 4. The maximum atomic E-state index is 13.5. The normalized spacial score (nSPS) is 18.2. The summed E-state index contributed by atoms with van der Waals surface area (Å²) >= 11 is 12.0. The minimum Gasteiger partial charge on any atom is -0.341 e. The van der Waals surface area contributed by atoms with Crippen LogP contribution in [0, 0.1) is 5.92 Å². The predicted molar refractivity (Wildman–Crippen MR) is 138 cm³/mol. The first-order valence-corrected chi connectivity index (χ1v) is 12.5. The summed E-state index contributed by atoms with van der Waals surface area (Å²) in [6.07, 6.45) is 0.599. The van der Waals surface area contributed by atoms with Gasteiger partial charge in [0.25, 0.3) is 11.8 Å². The van der Waals surface area contributed by atoms with Crippen molar-refractivity contribution in [1.82, 2.24) is 15.1 Å². The SMILES string of the molecule is CC(C)[C@@H](NC(=O)c1ccc(Cl)c(Cl)c1)C(=O)N1CCC2(CC1)C(=O)N(C)C(=O)N2c1ccccc1. The number of anilines is 1. The van der Waals surface area contributed by atoms with E-state index in [1.165, 1.54) is 19.2 Å². The molecule has 0 saturated carbocycles. The maximum Gasteiger partial charge on any atom is 0.331 e. The van der Waals surface area contributed by atoms with Crippen LogP contribution in [0.25, 0.3) is 0 Å². The fraction of sp³-hybridized carbons (Fsp3) is 0.385. The van der Waals surface area contributed by atoms with Gasteiger partial charge < -0.3 is 10.2 Å². The first-order chi connectivity index (χ1) is 17.1. The van der Waals surface area contributed by atoms with Crippen molar-refractivity contribution in [2.75, 3.05) is 25.0 Å². The van der Waals surface area contributed by atoms with Crippen molar-refractivity contribution in [3.63, 3.8) is 0 Å². The van der Waals surface area contributed by atoms with Crippen molar-refractivity contribution in [2.24, 2.45) is 5.92 Å². The van der Waals surface area contributed by atoms with Gasteiger partial charge in [-0.3, -0.25) is 24.2 Å². The Morgan fingerprint density at radius 1 is 0.972 bits per heavy atom. The number of hydrogen-bond donors (Lipinski definition) is 1. The summed E-state index contributed by atoms with van der Waals surface area (Å²) in [5.74, 6) is -1.11. The molecule has 2 aromatic rings. The Kier molecular flexibility index (Phi) is 7.29. The Balaban J connectivity index is 1.51. The summed E-state index contributed by atoms with van der Waals surface area (Å²) < 4.78 is 0. The highest BCUT2D eigenvalue weighted by molar-refractivity contribution is 6.42. The number of imide groups is 1. The molecule has 2 aromatic carbocycles. The molecule has 10 heteroatoms. The molecule has 2 aliphatic rings. The molecule has 4 rings (SSSR count). The summed E-state index contributed by atoms with van der Waals surface area (Å²) in [6.45, 7) is 4.27. The largest absolute Gasteiger partial charge is 0.341 e. The molecular formula is C26H28Cl2N4O4. The maximum absolute atomic E-state index is 13.5. The van der Waals surface area contributed by atoms with Gasteiger partial charge in [-0.05, 0) is 49.1 Å². The molecule has 2 fully saturated rings. The summed E-state index contributed by atoms with van der Waals surface area (Å²) in [4.78, 5) is 56.9. The van der Waals surface area contributed by atoms with Crippen LogP contribution in [0.3, 0.4) is 0 Å². The molecule has 2 aliphatic heterocycles. The lowest BCUT2D eigenvalue weighted by atomic mass is 9.85. The molecule has 5 amide bonds. The Morgan fingerprint density at radius 3 is 2.19 bits per heavy atom. The summed E-state index contributed by atoms with van der Waals surface area (Å²) in [6, 6.07) is 12.5. The number of likely N-dealkylation sites (tertiary alicyclic amines) is 1. The first kappa shape index (κ1) is 26.0. The molecule has 0 unspecified atom stereocenters. The quantitative estimate of drug-likeness (QED) is 0.586. The van der Waals surface area contributed by atoms with E-state index in [1.54, 1.807) is 28.0 Å². The fourth-order valence-corrected chi connectivity index (χ4v) is 5.17. The summed E-state index contributed by atoms with van der Waals surface area (Å²) in [7, 11) is 1.49. The number of benzene rings is 2. The molecule has 190 valence electrons. The van der Waals surface area contributed by atoms with Crippen LogP contribution in [0.2, 0.25) is 10.0 Å². The molecule has 0 aliphatic carbocycles. The van der Waals surface area contributed by atoms with Crippen LogP contribution in [0.15, 0.2) is 48.5 Å². The van der Waals surface area contributed by atoms with E-state index in [-0.39, 0.29) is 41.9 Å². The zero-order chi connectivity index (χ0) is 26.2. The minimum absolute atomic E-state index is 0.179. The van der Waals surface area contributed by atoms with Crippen molar-refractivity contribution in [3.05, 3.63) is 64.1 Å². The first-order valence-electron chi connectivity index (χ1n) is 11.8. The van der Waals surface area contributed by atoms with Gasteiger partial charge in [0.1, 0.15) is 11.6 Å². The third-order valence-electron chi connectivity index (χ3n) is 6.93. The van der Waals surface area contributed by atoms with E-state index in [2.05, 4.69) is 5.32 Å². The second kappa shape index (κ2) is 10.1. The average molecular weight is 531 g/mol. The second-order valence-electron chi connectivity index (χ2n) is 9.50. The number of likely N-dealkylation sites (N-methyl/N-ethyl adjacent to an activating group) is 1. The molecule has 1 spiro atoms. The van der Waals surface area contributed by atoms with Gasteiger partial charge in [0.15, 0.2) is 0 Å². The van der Waals surface area contributed by atoms with Crippen molar-refractivity contribution < 1.29 is 19.2 Å². The molecule has 1 atom stereocenters. The lowest BCUT2D eigenvalue weighted by molar-refractivity contribution is -0.139. The van der Waals surface area contributed by atoms with E-state index < -0.39 is 17.5 Å². The number of para-hydroxylation sites is 1. The highest BCUT2D eigenvalue weighted by Crippen LogP contribution is 2.40. The highest BCUT2D eigenvalue weighted by atomic mass is 35.5. The standard InChI is InChI=1S/C26H28Cl2N4O4/c1-16(2)21(29-22(33)17-9-10-19(27)20(28)15-17)23(34)31-13-11-26(12-14-31)24(35)30(3)25(36)32(26)18-7-5-4-6-8-18/h4-10,15-16,21H,11-14H2,1-3H3,(H,29,33)/t21-/m1/s1. The molecule has 2 saturated heterocycles. The van der Waals surface area contributed by atoms with Crippen LogP contribution in [0.4, 0.5) is 10.5 Å². The third kappa shape index (κ3) is 4.55. The van der Waals surface area contributed by atoms with Crippen LogP contribution in [-0.2, 0) is 9.59 Å². The second-order valence-corrected chi connectivity index (χ2v) is 10.3. The topological polar surface area (TPSA) is 90.0 Å². The number of amides is 5. The zero-order valence-electron chi connectivity index (χ0n) is 20.3. The highest BCUT2D eigenvalue weighted by Gasteiger charge is 2.58. The van der Waals surface area contributed by atoms with E-state index in [9.17, 15) is 19.2 Å². The number of nitrogens with one attached hydrogen (secondary N) is 1. The smallest absolute Gasteiger partial charge is 0.331 e. The average Bonchev–Trinajstić information content (AvgIpc) is 3.05. The van der Waals surface area contributed by atoms with Crippen molar-refractivity contribution >= 4 is 52.6 Å². The molecular weight excluding hydrogens is 503 g/mol. The number of piperidine rings is 1. The number of hydrogen-bond acceptors (Lipinski definition) is 4. The Bertz CT molecular complexity index is 1200. The van der Waals surface area contributed by atoms with Gasteiger partial charge >= 0.3 is 6.03 Å². The van der Waals surface area contributed by atoms with Crippen molar-refractivity contribution in [2.45, 2.75) is 38.3 Å². The molecule has 1 N–H and O–H groups in total. The Hall–Kier alpha value is -3.10. The lowest BCUT2D eigenvalue weighted by Crippen LogP contribution is -2.60. The zero-order valence-corrected chi connectivity index (χ0v) is 21.8. The lowest BCUT2D eigenvalue weighted by Gasteiger charge is -2.43. The summed E-state index contributed by atoms with van der Waals surface area (Å²) in [5, 5.41) is 3.41. The number of carbonyl (C=O) groups is 4. The monoisotopic (exact) mass is 530 g/mol. The molecule has 0 bridgehead atoms. The van der Waals surface area contributed by atoms with E-state index >= 15 is 0 Å². The number of urea groups is 1. The number of halogens is 2. The van der Waals surface area contributed by atoms with Gasteiger partial charge in [0, 0.05) is 31.4 Å². The molecule has 8 nitrogen and oxygen atoms in total. The molecule has 0 aromatic heterocycles. The van der Waals surface area contributed by atoms with Gasteiger partial charge in [0.05, 0.1) is 10.0 Å². The third-order valence-corrected chi connectivity index (χ3v) is 7.67. The van der Waals surface area contributed by atoms with E-state index in [1.807, 2.05) is 32.0 Å². The van der Waals surface area contributed by atoms with Gasteiger partial charge in [-0.2, -0.15) is 0 Å². The Labute approximate surface area is 220 Å². The van der Waals surface area contributed by atoms with Crippen LogP contribution >= 0.6 is 23.2 Å². The molecule has 0 radical (unpaired) electrons. The molecule has 36 heavy (non-hydrogen) atoms. The van der Waals surface area contributed by atoms with E-state index in [0.717, 1.165) is 4.90 Å². The fourth-order valence-electron chi connectivity index (χ4n) is 4.87. The Morgan fingerprint density at radius 2 is 1.61 bits per heavy atom. The van der Waals surface area contributed by atoms with Crippen LogP contribution < -0.4 is 10.2 Å². The van der Waals surface area contributed by atoms with Crippen molar-refractivity contribution in [1.29, 1.82) is 0 Å². The number of rotatable bonds is 5. The van der Waals surface area contributed by atoms with E-state index in [4.69, 9.17) is 23.2 Å². The minimum atomic E-state index is -1.04. The van der Waals surface area contributed by atoms with Crippen LogP contribution in [0.5, 0.6) is 0 Å². The van der Waals surface area contributed by atoms with Gasteiger partial charge in [-0.25, -0.2) is 4.79 Å². The summed E-state index contributed by atoms with van der Waals surface area (Å²) in [5.41, 5.74) is -0.0911. The van der Waals surface area contributed by atoms with Gasteiger partial charge in [0.2, 0.25) is 5.91 Å². The van der Waals surface area contributed by atoms with E-state index in [0.29, 0.717) is 29.1 Å². The number of nitrogens with zero attached hydrogens (tertiary/aromatic N) is 3. The predicted octanol–water partition coefficient (Wildman–Crippen LogP) is 4.21. The van der Waals surface area contributed by atoms with Crippen LogP contribution in [0.1, 0.15) is 37.0 Å². The van der Waals surface area contributed by atoms with Crippen LogP contribution in [-0.4, -0.2) is 65.3 Å².